The zero-order chi connectivity index (χ0) is 20.1. The highest BCUT2D eigenvalue weighted by Crippen LogP contribution is 2.27. The molecular weight excluding hydrogens is 416 g/mol. The number of hydrogen-bond acceptors (Lipinski definition) is 5. The lowest BCUT2D eigenvalue weighted by atomic mass is 10.1. The van der Waals surface area contributed by atoms with E-state index in [1.807, 2.05) is 55.5 Å². The van der Waals surface area contributed by atoms with E-state index in [-0.39, 0.29) is 18.6 Å². The summed E-state index contributed by atoms with van der Waals surface area (Å²) in [7, 11) is 0. The molecular formula is C22H25BrN4O. The molecule has 0 saturated carbocycles. The molecule has 1 heterocycles. The van der Waals surface area contributed by atoms with Crippen molar-refractivity contribution in [3.8, 4) is 11.3 Å². The van der Waals surface area contributed by atoms with E-state index >= 15 is 0 Å². The van der Waals surface area contributed by atoms with E-state index in [4.69, 9.17) is 0 Å². The summed E-state index contributed by atoms with van der Waals surface area (Å²) in [5, 5.41) is 16.3. The number of hydrogen-bond donors (Lipinski definition) is 3. The van der Waals surface area contributed by atoms with Gasteiger partial charge in [-0.1, -0.05) is 60.1 Å². The summed E-state index contributed by atoms with van der Waals surface area (Å²) in [6.45, 7) is 6.18. The summed E-state index contributed by atoms with van der Waals surface area (Å²) >= 11 is 3.50. The van der Waals surface area contributed by atoms with Gasteiger partial charge in [0, 0.05) is 21.8 Å². The molecule has 1 aromatic heterocycles. The van der Waals surface area contributed by atoms with E-state index in [2.05, 4.69) is 56.4 Å². The maximum atomic E-state index is 9.67. The molecule has 146 valence electrons. The molecule has 3 aromatic rings. The van der Waals surface area contributed by atoms with Crippen molar-refractivity contribution in [1.29, 1.82) is 0 Å². The molecule has 0 fully saturated rings. The van der Waals surface area contributed by atoms with Gasteiger partial charge in [0.25, 0.3) is 0 Å². The summed E-state index contributed by atoms with van der Waals surface area (Å²) in [5.41, 5.74) is 3.91. The second-order valence-electron chi connectivity index (χ2n) is 7.09. The minimum Gasteiger partial charge on any atom is -0.394 e. The Balaban J connectivity index is 1.99. The molecule has 1 atom stereocenters. The average molecular weight is 441 g/mol. The van der Waals surface area contributed by atoms with Crippen LogP contribution in [-0.2, 0) is 0 Å². The molecule has 0 aliphatic heterocycles. The monoisotopic (exact) mass is 440 g/mol. The van der Waals surface area contributed by atoms with Gasteiger partial charge in [0.2, 0.25) is 5.95 Å². The molecule has 5 nitrogen and oxygen atoms in total. The second kappa shape index (κ2) is 9.17. The molecule has 0 unspecified atom stereocenters. The summed E-state index contributed by atoms with van der Waals surface area (Å²) in [4.78, 5) is 9.30. The first-order valence-electron chi connectivity index (χ1n) is 9.31. The average Bonchev–Trinajstić information content (AvgIpc) is 2.68. The molecule has 0 saturated heterocycles. The molecule has 0 spiro atoms. The zero-order valence-corrected chi connectivity index (χ0v) is 17.9. The van der Waals surface area contributed by atoms with E-state index in [0.29, 0.717) is 11.8 Å². The fourth-order valence-electron chi connectivity index (χ4n) is 2.83. The van der Waals surface area contributed by atoms with Gasteiger partial charge in [-0.3, -0.25) is 0 Å². The van der Waals surface area contributed by atoms with Gasteiger partial charge in [0.1, 0.15) is 5.82 Å². The van der Waals surface area contributed by atoms with Crippen LogP contribution in [0.2, 0.25) is 0 Å². The van der Waals surface area contributed by atoms with Crippen LogP contribution in [0.15, 0.2) is 59.1 Å². The van der Waals surface area contributed by atoms with Crippen LogP contribution >= 0.6 is 15.9 Å². The predicted molar refractivity (Wildman–Crippen MR) is 119 cm³/mol. The lowest BCUT2D eigenvalue weighted by Gasteiger charge is -2.21. The number of nitrogens with one attached hydrogen (secondary N) is 2. The standard InChI is InChI=1S/C22H25BrN4O/c1-14(2)20(13-28)26-22-25-19(16-7-5-4-6-8-16)12-21(27-22)24-18-10-9-17(23)11-15(18)3/h4-12,14,20,28H,13H2,1-3H3,(H2,24,25,26,27)/t20-/m1/s1. The van der Waals surface area contributed by atoms with Crippen molar-refractivity contribution in [3.05, 3.63) is 64.6 Å². The van der Waals surface area contributed by atoms with Gasteiger partial charge in [-0.05, 0) is 36.6 Å². The molecule has 0 bridgehead atoms. The van der Waals surface area contributed by atoms with Gasteiger partial charge < -0.3 is 15.7 Å². The number of aliphatic hydroxyl groups excluding tert-OH is 1. The van der Waals surface area contributed by atoms with Crippen LogP contribution in [0, 0.1) is 12.8 Å². The van der Waals surface area contributed by atoms with Gasteiger partial charge in [-0.2, -0.15) is 4.98 Å². The lowest BCUT2D eigenvalue weighted by Crippen LogP contribution is -2.30. The zero-order valence-electron chi connectivity index (χ0n) is 16.3. The summed E-state index contributed by atoms with van der Waals surface area (Å²) in [6, 6.07) is 17.9. The molecule has 3 N–H and O–H groups in total. The first kappa shape index (κ1) is 20.3. The Kier molecular flexibility index (Phi) is 6.65. The number of anilines is 3. The third kappa shape index (κ3) is 5.09. The molecule has 0 amide bonds. The minimum absolute atomic E-state index is 0.0190. The smallest absolute Gasteiger partial charge is 0.225 e. The van der Waals surface area contributed by atoms with Gasteiger partial charge >= 0.3 is 0 Å². The number of benzene rings is 2. The Hall–Kier alpha value is -2.44. The van der Waals surface area contributed by atoms with Crippen LogP contribution in [0.3, 0.4) is 0 Å². The first-order valence-corrected chi connectivity index (χ1v) is 10.1. The largest absolute Gasteiger partial charge is 0.394 e. The fraction of sp³-hybridized carbons (Fsp3) is 0.273. The summed E-state index contributed by atoms with van der Waals surface area (Å²) < 4.78 is 1.04. The maximum Gasteiger partial charge on any atom is 0.225 e. The van der Waals surface area contributed by atoms with Crippen molar-refractivity contribution < 1.29 is 5.11 Å². The van der Waals surface area contributed by atoms with Crippen molar-refractivity contribution in [2.75, 3.05) is 17.2 Å². The Morgan fingerprint density at radius 3 is 2.43 bits per heavy atom. The van der Waals surface area contributed by atoms with E-state index in [0.717, 1.165) is 27.0 Å². The lowest BCUT2D eigenvalue weighted by molar-refractivity contribution is 0.248. The van der Waals surface area contributed by atoms with E-state index < -0.39 is 0 Å². The maximum absolute atomic E-state index is 9.67. The molecule has 0 aliphatic rings. The third-order valence-corrected chi connectivity index (χ3v) is 5.06. The number of aliphatic hydroxyl groups is 1. The topological polar surface area (TPSA) is 70.1 Å². The van der Waals surface area contributed by atoms with E-state index in [1.54, 1.807) is 0 Å². The molecule has 6 heteroatoms. The molecule has 2 aromatic carbocycles. The number of rotatable bonds is 7. The van der Waals surface area contributed by atoms with Gasteiger partial charge in [-0.15, -0.1) is 0 Å². The number of halogens is 1. The van der Waals surface area contributed by atoms with Crippen LogP contribution in [0.25, 0.3) is 11.3 Å². The highest BCUT2D eigenvalue weighted by Gasteiger charge is 2.15. The second-order valence-corrected chi connectivity index (χ2v) is 8.01. The Bertz CT molecular complexity index is 931. The Morgan fingerprint density at radius 1 is 1.04 bits per heavy atom. The predicted octanol–water partition coefficient (Wildman–Crippen LogP) is 5.39. The van der Waals surface area contributed by atoms with Crippen molar-refractivity contribution in [3.63, 3.8) is 0 Å². The van der Waals surface area contributed by atoms with Gasteiger partial charge in [0.05, 0.1) is 18.3 Å². The van der Waals surface area contributed by atoms with Gasteiger partial charge in [-0.25, -0.2) is 4.98 Å². The molecule has 0 aliphatic carbocycles. The third-order valence-electron chi connectivity index (χ3n) is 4.56. The molecule has 28 heavy (non-hydrogen) atoms. The molecule has 3 rings (SSSR count). The van der Waals surface area contributed by atoms with Crippen molar-refractivity contribution in [2.24, 2.45) is 5.92 Å². The fourth-order valence-corrected chi connectivity index (χ4v) is 3.30. The SMILES string of the molecule is Cc1cc(Br)ccc1Nc1cc(-c2ccccc2)nc(N[C@H](CO)C(C)C)n1. The normalized spacial score (nSPS) is 12.1. The van der Waals surface area contributed by atoms with Crippen LogP contribution < -0.4 is 10.6 Å². The summed E-state index contributed by atoms with van der Waals surface area (Å²) in [6.07, 6.45) is 0. The Labute approximate surface area is 174 Å². The number of nitrogens with zero attached hydrogens (tertiary/aromatic N) is 2. The quantitative estimate of drug-likeness (QED) is 0.459. The van der Waals surface area contributed by atoms with Gasteiger partial charge in [0.15, 0.2) is 0 Å². The van der Waals surface area contributed by atoms with E-state index in [9.17, 15) is 5.11 Å². The van der Waals surface area contributed by atoms with Crippen LogP contribution in [0.5, 0.6) is 0 Å². The Morgan fingerprint density at radius 2 is 1.79 bits per heavy atom. The van der Waals surface area contributed by atoms with Crippen molar-refractivity contribution in [1.82, 2.24) is 9.97 Å². The van der Waals surface area contributed by atoms with E-state index in [1.165, 1.54) is 0 Å². The summed E-state index contributed by atoms with van der Waals surface area (Å²) in [5.74, 6) is 1.44. The minimum atomic E-state index is -0.117. The van der Waals surface area contributed by atoms with Crippen LogP contribution in [-0.4, -0.2) is 27.7 Å². The highest BCUT2D eigenvalue weighted by atomic mass is 79.9. The molecule has 0 radical (unpaired) electrons. The number of aryl methyl sites for hydroxylation is 1. The van der Waals surface area contributed by atoms with Crippen LogP contribution in [0.4, 0.5) is 17.5 Å². The highest BCUT2D eigenvalue weighted by molar-refractivity contribution is 9.10. The van der Waals surface area contributed by atoms with Crippen molar-refractivity contribution >= 4 is 33.4 Å². The first-order chi connectivity index (χ1) is 13.5. The van der Waals surface area contributed by atoms with Crippen molar-refractivity contribution in [2.45, 2.75) is 26.8 Å². The van der Waals surface area contributed by atoms with Crippen LogP contribution in [0.1, 0.15) is 19.4 Å². The number of aromatic nitrogens is 2.